The smallest absolute Gasteiger partial charge is 0.312 e. The molecule has 21 heavy (non-hydrogen) atoms. The van der Waals surface area contributed by atoms with Gasteiger partial charge in [-0.1, -0.05) is 37.3 Å². The number of likely N-dealkylation sites (N-methyl/N-ethyl adjacent to an activating group) is 1. The number of rotatable bonds is 8. The summed E-state index contributed by atoms with van der Waals surface area (Å²) in [6.45, 7) is 3.31. The van der Waals surface area contributed by atoms with Gasteiger partial charge in [-0.25, -0.2) is 0 Å². The standard InChI is InChI=1S/C16H24N2O3/c1-4-10-18(12-15(19)17(2)3)11-14(16(20)21)13-8-6-5-7-9-13/h5-9,14H,4,10-12H2,1-3H3,(H,20,21). The van der Waals surface area contributed by atoms with E-state index in [1.54, 1.807) is 14.1 Å². The fourth-order valence-electron chi connectivity index (χ4n) is 2.15. The van der Waals surface area contributed by atoms with E-state index in [9.17, 15) is 14.7 Å². The number of carboxylic acid groups (broad SMARTS) is 1. The van der Waals surface area contributed by atoms with Crippen LogP contribution in [0.25, 0.3) is 0 Å². The van der Waals surface area contributed by atoms with Gasteiger partial charge >= 0.3 is 5.97 Å². The van der Waals surface area contributed by atoms with Gasteiger partial charge in [-0.3, -0.25) is 14.5 Å². The van der Waals surface area contributed by atoms with Gasteiger partial charge in [0.2, 0.25) is 5.91 Å². The van der Waals surface area contributed by atoms with E-state index in [-0.39, 0.29) is 12.5 Å². The third-order valence-corrected chi connectivity index (χ3v) is 3.34. The van der Waals surface area contributed by atoms with E-state index in [1.807, 2.05) is 42.2 Å². The average molecular weight is 292 g/mol. The van der Waals surface area contributed by atoms with Gasteiger partial charge in [0.05, 0.1) is 12.5 Å². The van der Waals surface area contributed by atoms with Crippen molar-refractivity contribution < 1.29 is 14.7 Å². The molecule has 1 amide bonds. The highest BCUT2D eigenvalue weighted by atomic mass is 16.4. The number of nitrogens with zero attached hydrogens (tertiary/aromatic N) is 2. The Morgan fingerprint density at radius 3 is 2.29 bits per heavy atom. The monoisotopic (exact) mass is 292 g/mol. The predicted molar refractivity (Wildman–Crippen MR) is 82.2 cm³/mol. The summed E-state index contributed by atoms with van der Waals surface area (Å²) in [6, 6.07) is 9.16. The maximum atomic E-state index is 11.9. The van der Waals surface area contributed by atoms with E-state index < -0.39 is 11.9 Å². The van der Waals surface area contributed by atoms with Crippen LogP contribution in [-0.4, -0.2) is 60.5 Å². The molecule has 0 aliphatic heterocycles. The highest BCUT2D eigenvalue weighted by molar-refractivity contribution is 5.78. The Balaban J connectivity index is 2.83. The number of carbonyl (C=O) groups is 2. The van der Waals surface area contributed by atoms with Gasteiger partial charge in [-0.05, 0) is 18.5 Å². The SMILES string of the molecule is CCCN(CC(=O)N(C)C)CC(C(=O)O)c1ccccc1. The molecule has 0 fully saturated rings. The Bertz CT molecular complexity index is 460. The maximum absolute atomic E-state index is 11.9. The molecule has 1 unspecified atom stereocenters. The van der Waals surface area contributed by atoms with Crippen LogP contribution in [0.5, 0.6) is 0 Å². The molecule has 0 saturated heterocycles. The van der Waals surface area contributed by atoms with Crippen molar-refractivity contribution in [3.8, 4) is 0 Å². The Kier molecular flexibility index (Phi) is 6.88. The summed E-state index contributed by atoms with van der Waals surface area (Å²) < 4.78 is 0. The Hall–Kier alpha value is -1.88. The highest BCUT2D eigenvalue weighted by Crippen LogP contribution is 2.17. The van der Waals surface area contributed by atoms with Crippen molar-refractivity contribution in [2.24, 2.45) is 0 Å². The van der Waals surface area contributed by atoms with Gasteiger partial charge in [0.1, 0.15) is 0 Å². The van der Waals surface area contributed by atoms with Gasteiger partial charge in [0.25, 0.3) is 0 Å². The van der Waals surface area contributed by atoms with Gasteiger partial charge < -0.3 is 10.0 Å². The van der Waals surface area contributed by atoms with Crippen LogP contribution in [0.4, 0.5) is 0 Å². The quantitative estimate of drug-likeness (QED) is 0.791. The molecule has 0 heterocycles. The van der Waals surface area contributed by atoms with Crippen molar-refractivity contribution in [3.63, 3.8) is 0 Å². The number of hydrogen-bond donors (Lipinski definition) is 1. The molecule has 1 aromatic rings. The van der Waals surface area contributed by atoms with Crippen molar-refractivity contribution in [1.29, 1.82) is 0 Å². The Morgan fingerprint density at radius 2 is 1.81 bits per heavy atom. The molecule has 0 aliphatic carbocycles. The minimum atomic E-state index is -0.861. The summed E-state index contributed by atoms with van der Waals surface area (Å²) in [7, 11) is 3.41. The van der Waals surface area contributed by atoms with Crippen LogP contribution in [0.15, 0.2) is 30.3 Å². The zero-order valence-electron chi connectivity index (χ0n) is 13.0. The van der Waals surface area contributed by atoms with E-state index in [2.05, 4.69) is 0 Å². The number of carbonyl (C=O) groups excluding carboxylic acids is 1. The minimum Gasteiger partial charge on any atom is -0.481 e. The molecule has 0 radical (unpaired) electrons. The summed E-state index contributed by atoms with van der Waals surface area (Å²) in [6.07, 6.45) is 0.877. The van der Waals surface area contributed by atoms with E-state index in [0.29, 0.717) is 13.1 Å². The van der Waals surface area contributed by atoms with Crippen LogP contribution in [0.3, 0.4) is 0 Å². The molecule has 5 nitrogen and oxygen atoms in total. The summed E-state index contributed by atoms with van der Waals surface area (Å²) in [5, 5.41) is 9.47. The van der Waals surface area contributed by atoms with Crippen molar-refractivity contribution in [2.45, 2.75) is 19.3 Å². The number of carboxylic acids is 1. The molecule has 1 rings (SSSR count). The van der Waals surface area contributed by atoms with Gasteiger partial charge in [0.15, 0.2) is 0 Å². The van der Waals surface area contributed by atoms with E-state index >= 15 is 0 Å². The summed E-state index contributed by atoms with van der Waals surface area (Å²) in [5.74, 6) is -1.49. The van der Waals surface area contributed by atoms with Crippen LogP contribution in [0.2, 0.25) is 0 Å². The molecular weight excluding hydrogens is 268 g/mol. The van der Waals surface area contributed by atoms with Crippen molar-refractivity contribution in [2.75, 3.05) is 33.7 Å². The summed E-state index contributed by atoms with van der Waals surface area (Å²) in [4.78, 5) is 26.8. The van der Waals surface area contributed by atoms with Crippen LogP contribution in [0.1, 0.15) is 24.8 Å². The summed E-state index contributed by atoms with van der Waals surface area (Å²) >= 11 is 0. The Morgan fingerprint density at radius 1 is 1.19 bits per heavy atom. The lowest BCUT2D eigenvalue weighted by molar-refractivity contribution is -0.140. The van der Waals surface area contributed by atoms with E-state index in [0.717, 1.165) is 12.0 Å². The highest BCUT2D eigenvalue weighted by Gasteiger charge is 2.24. The van der Waals surface area contributed by atoms with E-state index in [4.69, 9.17) is 0 Å². The topological polar surface area (TPSA) is 60.9 Å². The second-order valence-corrected chi connectivity index (χ2v) is 5.32. The largest absolute Gasteiger partial charge is 0.481 e. The molecular formula is C16H24N2O3. The van der Waals surface area contributed by atoms with Crippen LogP contribution >= 0.6 is 0 Å². The maximum Gasteiger partial charge on any atom is 0.312 e. The second kappa shape index (κ2) is 8.42. The van der Waals surface area contributed by atoms with Crippen LogP contribution in [-0.2, 0) is 9.59 Å². The lowest BCUT2D eigenvalue weighted by Crippen LogP contribution is -2.40. The van der Waals surface area contributed by atoms with E-state index in [1.165, 1.54) is 4.90 Å². The molecule has 0 bridgehead atoms. The van der Waals surface area contributed by atoms with Crippen molar-refractivity contribution in [1.82, 2.24) is 9.80 Å². The minimum absolute atomic E-state index is 0.0133. The molecule has 5 heteroatoms. The number of amides is 1. The fraction of sp³-hybridized carbons (Fsp3) is 0.500. The molecule has 0 saturated carbocycles. The lowest BCUT2D eigenvalue weighted by Gasteiger charge is -2.26. The van der Waals surface area contributed by atoms with Crippen molar-refractivity contribution in [3.05, 3.63) is 35.9 Å². The first-order valence-corrected chi connectivity index (χ1v) is 7.16. The molecule has 0 aromatic heterocycles. The molecule has 1 atom stereocenters. The molecule has 0 aliphatic rings. The molecule has 116 valence electrons. The average Bonchev–Trinajstić information content (AvgIpc) is 2.45. The Labute approximate surface area is 126 Å². The van der Waals surface area contributed by atoms with Gasteiger partial charge in [-0.2, -0.15) is 0 Å². The normalized spacial score (nSPS) is 12.2. The zero-order valence-corrected chi connectivity index (χ0v) is 13.0. The molecule has 0 spiro atoms. The van der Waals surface area contributed by atoms with Crippen molar-refractivity contribution >= 4 is 11.9 Å². The first-order valence-electron chi connectivity index (χ1n) is 7.16. The number of aliphatic carboxylic acids is 1. The van der Waals surface area contributed by atoms with Gasteiger partial charge in [-0.15, -0.1) is 0 Å². The fourth-order valence-corrected chi connectivity index (χ4v) is 2.15. The van der Waals surface area contributed by atoms with Gasteiger partial charge in [0, 0.05) is 20.6 Å². The third kappa shape index (κ3) is 5.55. The molecule has 1 aromatic carbocycles. The lowest BCUT2D eigenvalue weighted by atomic mass is 9.98. The predicted octanol–water partition coefficient (Wildman–Crippen LogP) is 1.66. The zero-order chi connectivity index (χ0) is 15.8. The first kappa shape index (κ1) is 17.2. The number of hydrogen-bond acceptors (Lipinski definition) is 3. The third-order valence-electron chi connectivity index (χ3n) is 3.34. The van der Waals surface area contributed by atoms with Crippen LogP contribution in [0, 0.1) is 0 Å². The molecule has 1 N–H and O–H groups in total. The second-order valence-electron chi connectivity index (χ2n) is 5.32. The van der Waals surface area contributed by atoms with Crippen LogP contribution < -0.4 is 0 Å². The first-order chi connectivity index (χ1) is 9.95. The number of benzene rings is 1. The summed E-state index contributed by atoms with van der Waals surface area (Å²) in [5.41, 5.74) is 0.767.